The van der Waals surface area contributed by atoms with Crippen LogP contribution in [0.5, 0.6) is 5.75 Å². The Labute approximate surface area is 278 Å². The van der Waals surface area contributed by atoms with Crippen molar-refractivity contribution in [1.82, 2.24) is 0 Å². The molecule has 0 aliphatic carbocycles. The van der Waals surface area contributed by atoms with Gasteiger partial charge in [-0.1, -0.05) is 166 Å². The normalized spacial score (nSPS) is 14.9. The second-order valence-electron chi connectivity index (χ2n) is 13.8. The number of nitrogens with zero attached hydrogens (tertiary/aromatic N) is 1. The zero-order valence-electron chi connectivity index (χ0n) is 28.7. The quantitative estimate of drug-likeness (QED) is 0.123. The molecule has 0 aromatic heterocycles. The molecule has 3 aromatic carbocycles. The molecule has 248 valence electrons. The Bertz CT molecular complexity index is 1470. The number of phenols is 1. The summed E-state index contributed by atoms with van der Waals surface area (Å²) in [6.45, 7) is 7.90. The molecular weight excluding hydrogens is 566 g/mol. The number of allylic oxidation sites excluding steroid dienone is 3. The highest BCUT2D eigenvalue weighted by atomic mass is 16.4. The highest BCUT2D eigenvalue weighted by molar-refractivity contribution is 5.95. The van der Waals surface area contributed by atoms with E-state index in [-0.39, 0.29) is 16.7 Å². The van der Waals surface area contributed by atoms with Crippen LogP contribution in [0.3, 0.4) is 0 Å². The molecule has 4 rings (SSSR count). The third-order valence-electron chi connectivity index (χ3n) is 9.78. The summed E-state index contributed by atoms with van der Waals surface area (Å²) >= 11 is 0. The fourth-order valence-corrected chi connectivity index (χ4v) is 7.17. The number of aromatic hydroxyl groups is 1. The first kappa shape index (κ1) is 35.3. The molecule has 0 bridgehead atoms. The van der Waals surface area contributed by atoms with E-state index in [0.29, 0.717) is 0 Å². The standard InChI is InChI=1S/C42H57NO3/c1-4-5-6-7-8-9-10-11-12-13-14-15-16-17-18-21-31-43-37-29-28-34-24-19-20-25-35(34)40(37)42(2,3)39(43)26-22-23-33-27-30-38(44)36(32-33)41(45)46/h19-20,22-30,32,44H,4-18,21,31H2,1-3H3,(H,45,46)/b23-22+,39-26+. The van der Waals surface area contributed by atoms with E-state index in [4.69, 9.17) is 0 Å². The fraction of sp³-hybridized carbons (Fsp3) is 0.500. The van der Waals surface area contributed by atoms with Crippen molar-refractivity contribution in [3.05, 3.63) is 89.1 Å². The van der Waals surface area contributed by atoms with Gasteiger partial charge in [0.25, 0.3) is 0 Å². The summed E-state index contributed by atoms with van der Waals surface area (Å²) in [7, 11) is 0. The summed E-state index contributed by atoms with van der Waals surface area (Å²) in [4.78, 5) is 14.0. The second kappa shape index (κ2) is 18.0. The molecule has 4 nitrogen and oxygen atoms in total. The Kier molecular flexibility index (Phi) is 13.8. The molecule has 3 aromatic rings. The predicted octanol–water partition coefficient (Wildman–Crippen LogP) is 12.2. The van der Waals surface area contributed by atoms with Gasteiger partial charge in [-0.2, -0.15) is 0 Å². The lowest BCUT2D eigenvalue weighted by Gasteiger charge is -2.27. The Morgan fingerprint density at radius 1 is 0.761 bits per heavy atom. The lowest BCUT2D eigenvalue weighted by molar-refractivity contribution is 0.0693. The zero-order valence-corrected chi connectivity index (χ0v) is 28.7. The SMILES string of the molecule is CCCCCCCCCCCCCCCCCCN1/C(=C/C=C/c2ccc(O)c(C(=O)O)c2)C(C)(C)c2c1ccc1ccccc21. The van der Waals surface area contributed by atoms with Gasteiger partial charge in [-0.15, -0.1) is 0 Å². The van der Waals surface area contributed by atoms with Crippen LogP contribution in [0.15, 0.2) is 72.4 Å². The van der Waals surface area contributed by atoms with Crippen LogP contribution in [0.2, 0.25) is 0 Å². The molecule has 0 radical (unpaired) electrons. The monoisotopic (exact) mass is 623 g/mol. The van der Waals surface area contributed by atoms with Crippen molar-refractivity contribution in [2.45, 2.75) is 129 Å². The maximum Gasteiger partial charge on any atom is 0.339 e. The average Bonchev–Trinajstić information content (AvgIpc) is 3.26. The Balaban J connectivity index is 1.31. The van der Waals surface area contributed by atoms with Gasteiger partial charge in [-0.25, -0.2) is 4.79 Å². The van der Waals surface area contributed by atoms with Crippen molar-refractivity contribution in [1.29, 1.82) is 0 Å². The van der Waals surface area contributed by atoms with E-state index >= 15 is 0 Å². The highest BCUT2D eigenvalue weighted by Gasteiger charge is 2.40. The van der Waals surface area contributed by atoms with Crippen LogP contribution in [-0.4, -0.2) is 22.7 Å². The molecule has 0 amide bonds. The average molecular weight is 624 g/mol. The molecule has 1 aliphatic rings. The molecule has 4 heteroatoms. The van der Waals surface area contributed by atoms with Gasteiger partial charge in [0, 0.05) is 23.3 Å². The van der Waals surface area contributed by atoms with Gasteiger partial charge < -0.3 is 15.1 Å². The molecule has 0 spiro atoms. The number of unbranched alkanes of at least 4 members (excludes halogenated alkanes) is 15. The third kappa shape index (κ3) is 9.50. The Morgan fingerprint density at radius 2 is 1.35 bits per heavy atom. The number of carboxylic acid groups (broad SMARTS) is 1. The molecule has 1 aliphatic heterocycles. The fourth-order valence-electron chi connectivity index (χ4n) is 7.17. The highest BCUT2D eigenvalue weighted by Crippen LogP contribution is 2.50. The molecule has 0 saturated carbocycles. The maximum atomic E-state index is 11.5. The summed E-state index contributed by atoms with van der Waals surface area (Å²) in [6, 6.07) is 17.9. The van der Waals surface area contributed by atoms with Gasteiger partial charge >= 0.3 is 5.97 Å². The van der Waals surface area contributed by atoms with Crippen LogP contribution < -0.4 is 4.90 Å². The minimum atomic E-state index is -1.13. The van der Waals surface area contributed by atoms with Crippen molar-refractivity contribution in [2.24, 2.45) is 0 Å². The van der Waals surface area contributed by atoms with Gasteiger partial charge in [-0.05, 0) is 52.6 Å². The first-order chi connectivity index (χ1) is 22.3. The third-order valence-corrected chi connectivity index (χ3v) is 9.78. The molecule has 0 fully saturated rings. The van der Waals surface area contributed by atoms with E-state index in [9.17, 15) is 15.0 Å². The number of aromatic carboxylic acids is 1. The van der Waals surface area contributed by atoms with Gasteiger partial charge in [0.05, 0.1) is 0 Å². The topological polar surface area (TPSA) is 60.8 Å². The van der Waals surface area contributed by atoms with E-state index in [0.717, 1.165) is 18.5 Å². The van der Waals surface area contributed by atoms with Crippen LogP contribution in [0.4, 0.5) is 5.69 Å². The predicted molar refractivity (Wildman–Crippen MR) is 196 cm³/mol. The van der Waals surface area contributed by atoms with E-state index in [1.54, 1.807) is 6.07 Å². The second-order valence-corrected chi connectivity index (χ2v) is 13.8. The Morgan fingerprint density at radius 3 is 1.96 bits per heavy atom. The first-order valence-electron chi connectivity index (χ1n) is 18.1. The molecule has 2 N–H and O–H groups in total. The van der Waals surface area contributed by atoms with Crippen molar-refractivity contribution in [3.63, 3.8) is 0 Å². The number of hydrogen-bond acceptors (Lipinski definition) is 3. The van der Waals surface area contributed by atoms with Crippen molar-refractivity contribution >= 4 is 28.5 Å². The number of anilines is 1. The molecular formula is C42H57NO3. The lowest BCUT2D eigenvalue weighted by atomic mass is 9.81. The van der Waals surface area contributed by atoms with Crippen LogP contribution >= 0.6 is 0 Å². The maximum absolute atomic E-state index is 11.5. The first-order valence-corrected chi connectivity index (χ1v) is 18.1. The van der Waals surface area contributed by atoms with E-state index in [1.807, 2.05) is 12.2 Å². The van der Waals surface area contributed by atoms with Crippen LogP contribution in [0.25, 0.3) is 16.8 Å². The largest absolute Gasteiger partial charge is 0.507 e. The van der Waals surface area contributed by atoms with Crippen molar-refractivity contribution in [2.75, 3.05) is 11.4 Å². The molecule has 46 heavy (non-hydrogen) atoms. The van der Waals surface area contributed by atoms with Crippen molar-refractivity contribution < 1.29 is 15.0 Å². The van der Waals surface area contributed by atoms with E-state index in [2.05, 4.69) is 68.1 Å². The number of hydrogen-bond donors (Lipinski definition) is 2. The smallest absolute Gasteiger partial charge is 0.339 e. The minimum Gasteiger partial charge on any atom is -0.507 e. The minimum absolute atomic E-state index is 0.0833. The summed E-state index contributed by atoms with van der Waals surface area (Å²) in [5.74, 6) is -1.34. The van der Waals surface area contributed by atoms with Crippen LogP contribution in [0, 0.1) is 0 Å². The lowest BCUT2D eigenvalue weighted by Crippen LogP contribution is -2.27. The summed E-state index contributed by atoms with van der Waals surface area (Å²) < 4.78 is 0. The van der Waals surface area contributed by atoms with Crippen LogP contribution in [0.1, 0.15) is 145 Å². The van der Waals surface area contributed by atoms with E-state index in [1.165, 1.54) is 136 Å². The summed E-state index contributed by atoms with van der Waals surface area (Å²) in [6.07, 6.45) is 28.0. The molecule has 0 unspecified atom stereocenters. The van der Waals surface area contributed by atoms with Gasteiger partial charge in [0.1, 0.15) is 11.3 Å². The molecule has 0 saturated heterocycles. The number of carboxylic acids is 1. The van der Waals surface area contributed by atoms with Crippen molar-refractivity contribution in [3.8, 4) is 5.75 Å². The number of rotatable bonds is 20. The Hall–Kier alpha value is -3.53. The zero-order chi connectivity index (χ0) is 32.8. The summed E-state index contributed by atoms with van der Waals surface area (Å²) in [5, 5.41) is 21.9. The number of fused-ring (bicyclic) bond motifs is 3. The summed E-state index contributed by atoms with van der Waals surface area (Å²) in [5.41, 5.74) is 4.40. The van der Waals surface area contributed by atoms with Crippen LogP contribution in [-0.2, 0) is 5.41 Å². The van der Waals surface area contributed by atoms with Gasteiger partial charge in [0.2, 0.25) is 0 Å². The number of carbonyl (C=O) groups is 1. The van der Waals surface area contributed by atoms with Gasteiger partial charge in [-0.3, -0.25) is 0 Å². The van der Waals surface area contributed by atoms with Gasteiger partial charge in [0.15, 0.2) is 0 Å². The van der Waals surface area contributed by atoms with E-state index < -0.39 is 5.97 Å². The number of benzene rings is 3. The molecule has 1 heterocycles. The molecule has 0 atom stereocenters.